The molecule has 1 aromatic rings. The molecule has 0 aliphatic heterocycles. The molecule has 0 amide bonds. The van der Waals surface area contributed by atoms with Crippen molar-refractivity contribution in [3.8, 4) is 0 Å². The lowest BCUT2D eigenvalue weighted by Crippen LogP contribution is -1.93. The van der Waals surface area contributed by atoms with E-state index in [0.29, 0.717) is 0 Å². The summed E-state index contributed by atoms with van der Waals surface area (Å²) in [5, 5.41) is 8.99. The van der Waals surface area contributed by atoms with Crippen LogP contribution in [0.3, 0.4) is 0 Å². The quantitative estimate of drug-likeness (QED) is 0.669. The van der Waals surface area contributed by atoms with Crippen LogP contribution in [0, 0.1) is 10.5 Å². The van der Waals surface area contributed by atoms with Gasteiger partial charge in [0.15, 0.2) is 0 Å². The van der Waals surface area contributed by atoms with Crippen LogP contribution < -0.4 is 0 Å². The molecule has 1 atom stereocenters. The van der Waals surface area contributed by atoms with Crippen LogP contribution in [-0.2, 0) is 6.61 Å². The molecule has 1 rings (SSSR count). The first-order valence-corrected chi connectivity index (χ1v) is 5.11. The average molecular weight is 287 g/mol. The second-order valence-corrected chi connectivity index (χ2v) is 4.14. The van der Waals surface area contributed by atoms with Gasteiger partial charge in [0, 0.05) is 9.49 Å². The predicted molar refractivity (Wildman–Crippen MR) is 63.4 cm³/mol. The monoisotopic (exact) mass is 287 g/mol. The number of aliphatic hydroxyl groups is 1. The van der Waals surface area contributed by atoms with Crippen molar-refractivity contribution in [2.24, 2.45) is 0 Å². The third kappa shape index (κ3) is 2.81. The van der Waals surface area contributed by atoms with Crippen molar-refractivity contribution in [2.45, 2.75) is 12.5 Å². The van der Waals surface area contributed by atoms with Gasteiger partial charge in [-0.25, -0.2) is 0 Å². The van der Waals surface area contributed by atoms with E-state index in [-0.39, 0.29) is 12.5 Å². The molecule has 69 valence electrons. The largest absolute Gasteiger partial charge is 0.392 e. The normalized spacial score (nSPS) is 12.5. The molecule has 1 aromatic carbocycles. The fourth-order valence-corrected chi connectivity index (χ4v) is 1.88. The van der Waals surface area contributed by atoms with Gasteiger partial charge in [-0.15, -0.1) is 6.58 Å². The maximum Gasteiger partial charge on any atom is 0.0682 e. The minimum absolute atomic E-state index is 0.0771. The second kappa shape index (κ2) is 4.77. The number of rotatable bonds is 3. The number of aliphatic hydroxyl groups excluding tert-OH is 1. The van der Waals surface area contributed by atoms with Gasteiger partial charge < -0.3 is 5.11 Å². The molecule has 2 heteroatoms. The molecule has 0 aliphatic carbocycles. The Morgan fingerprint density at radius 2 is 2.15 bits per heavy atom. The number of halogens is 1. The number of benzene rings is 1. The third-order valence-corrected chi connectivity index (χ3v) is 2.50. The summed E-state index contributed by atoms with van der Waals surface area (Å²) in [6.45, 7) is 7.71. The van der Waals surface area contributed by atoms with Crippen molar-refractivity contribution in [3.63, 3.8) is 0 Å². The van der Waals surface area contributed by atoms with E-state index in [2.05, 4.69) is 42.2 Å². The smallest absolute Gasteiger partial charge is 0.0682 e. The summed E-state index contributed by atoms with van der Waals surface area (Å²) in [6, 6.07) is 5.97. The van der Waals surface area contributed by atoms with Crippen molar-refractivity contribution in [1.82, 2.24) is 0 Å². The van der Waals surface area contributed by atoms with Crippen molar-refractivity contribution >= 4 is 22.6 Å². The fraction of sp³-hybridized carbons (Fsp3) is 0.182. The van der Waals surface area contributed by atoms with Crippen LogP contribution in [0.2, 0.25) is 0 Å². The number of hydrogen-bond acceptors (Lipinski definition) is 1. The summed E-state index contributed by atoms with van der Waals surface area (Å²) in [5.74, 6) is 0.0972. The van der Waals surface area contributed by atoms with Gasteiger partial charge in [0.05, 0.1) is 6.61 Å². The average Bonchev–Trinajstić information content (AvgIpc) is 2.15. The van der Waals surface area contributed by atoms with Crippen LogP contribution in [0.15, 0.2) is 30.9 Å². The Hall–Kier alpha value is -0.350. The standard InChI is InChI=1S/C11H12IO/c1-3-8(2)10-4-9(7-13)5-11(12)6-10/h3-6,8,13H,1-2,7H2. The zero-order valence-electron chi connectivity index (χ0n) is 7.33. The fourth-order valence-electron chi connectivity index (χ4n) is 1.12. The van der Waals surface area contributed by atoms with Crippen LogP contribution in [-0.4, -0.2) is 5.11 Å². The molecular weight excluding hydrogens is 275 g/mol. The maximum atomic E-state index is 8.99. The first-order valence-electron chi connectivity index (χ1n) is 4.03. The van der Waals surface area contributed by atoms with Gasteiger partial charge in [0.1, 0.15) is 0 Å². The van der Waals surface area contributed by atoms with Gasteiger partial charge in [0.2, 0.25) is 0 Å². The molecule has 0 saturated carbocycles. The molecular formula is C11H12IO. The highest BCUT2D eigenvalue weighted by Crippen LogP contribution is 2.20. The molecule has 0 aliphatic rings. The van der Waals surface area contributed by atoms with Gasteiger partial charge >= 0.3 is 0 Å². The first kappa shape index (κ1) is 10.7. The van der Waals surface area contributed by atoms with Gasteiger partial charge in [0.25, 0.3) is 0 Å². The first-order chi connectivity index (χ1) is 6.17. The Kier molecular flexibility index (Phi) is 3.93. The zero-order chi connectivity index (χ0) is 9.84. The molecule has 0 bridgehead atoms. The van der Waals surface area contributed by atoms with Gasteiger partial charge in [-0.3, -0.25) is 0 Å². The Balaban J connectivity index is 3.07. The zero-order valence-corrected chi connectivity index (χ0v) is 9.49. The van der Waals surface area contributed by atoms with E-state index in [1.165, 1.54) is 0 Å². The lowest BCUT2D eigenvalue weighted by Gasteiger charge is -2.08. The summed E-state index contributed by atoms with van der Waals surface area (Å²) >= 11 is 2.23. The maximum absolute atomic E-state index is 8.99. The van der Waals surface area contributed by atoms with Crippen LogP contribution in [0.25, 0.3) is 0 Å². The molecule has 0 spiro atoms. The highest BCUT2D eigenvalue weighted by molar-refractivity contribution is 14.1. The third-order valence-electron chi connectivity index (χ3n) is 1.88. The van der Waals surface area contributed by atoms with Crippen LogP contribution >= 0.6 is 22.6 Å². The Morgan fingerprint density at radius 3 is 2.69 bits per heavy atom. The highest BCUT2D eigenvalue weighted by Gasteiger charge is 2.03. The van der Waals surface area contributed by atoms with Crippen molar-refractivity contribution < 1.29 is 5.11 Å². The van der Waals surface area contributed by atoms with Gasteiger partial charge in [-0.1, -0.05) is 12.1 Å². The molecule has 1 N–H and O–H groups in total. The van der Waals surface area contributed by atoms with E-state index in [4.69, 9.17) is 5.11 Å². The summed E-state index contributed by atoms with van der Waals surface area (Å²) < 4.78 is 1.12. The summed E-state index contributed by atoms with van der Waals surface area (Å²) in [5.41, 5.74) is 2.03. The van der Waals surface area contributed by atoms with Gasteiger partial charge in [-0.05, 0) is 52.8 Å². The minimum atomic E-state index is 0.0771. The van der Waals surface area contributed by atoms with Gasteiger partial charge in [-0.2, -0.15) is 0 Å². The highest BCUT2D eigenvalue weighted by atomic mass is 127. The Bertz CT molecular complexity index is 307. The van der Waals surface area contributed by atoms with Crippen LogP contribution in [0.5, 0.6) is 0 Å². The molecule has 1 nitrogen and oxygen atoms in total. The second-order valence-electron chi connectivity index (χ2n) is 2.89. The molecule has 1 unspecified atom stereocenters. The van der Waals surface area contributed by atoms with Crippen molar-refractivity contribution in [2.75, 3.05) is 0 Å². The number of hydrogen-bond donors (Lipinski definition) is 1. The van der Waals surface area contributed by atoms with E-state index < -0.39 is 0 Å². The lowest BCUT2D eigenvalue weighted by molar-refractivity contribution is 0.281. The van der Waals surface area contributed by atoms with E-state index in [9.17, 15) is 0 Å². The molecule has 13 heavy (non-hydrogen) atoms. The number of allylic oxidation sites excluding steroid dienone is 1. The topological polar surface area (TPSA) is 20.2 Å². The predicted octanol–water partition coefficient (Wildman–Crippen LogP) is 2.89. The van der Waals surface area contributed by atoms with Crippen molar-refractivity contribution in [1.29, 1.82) is 0 Å². The molecule has 0 saturated heterocycles. The van der Waals surface area contributed by atoms with E-state index in [1.807, 2.05) is 12.1 Å². The summed E-state index contributed by atoms with van der Waals surface area (Å²) in [7, 11) is 0. The van der Waals surface area contributed by atoms with Crippen molar-refractivity contribution in [3.05, 3.63) is 52.5 Å². The molecule has 0 fully saturated rings. The van der Waals surface area contributed by atoms with Crippen LogP contribution in [0.4, 0.5) is 0 Å². The Labute approximate surface area is 92.6 Å². The molecule has 0 aromatic heterocycles. The van der Waals surface area contributed by atoms with Crippen LogP contribution in [0.1, 0.15) is 17.0 Å². The lowest BCUT2D eigenvalue weighted by atomic mass is 9.99. The summed E-state index contributed by atoms with van der Waals surface area (Å²) in [6.07, 6.45) is 1.80. The molecule has 0 heterocycles. The minimum Gasteiger partial charge on any atom is -0.392 e. The molecule has 1 radical (unpaired) electrons. The van der Waals surface area contributed by atoms with E-state index in [0.717, 1.165) is 14.7 Å². The Morgan fingerprint density at radius 1 is 1.46 bits per heavy atom. The SMILES string of the molecule is [CH2]C(C=C)c1cc(I)cc(CO)c1. The van der Waals surface area contributed by atoms with E-state index >= 15 is 0 Å². The summed E-state index contributed by atoms with van der Waals surface area (Å²) in [4.78, 5) is 0. The van der Waals surface area contributed by atoms with E-state index in [1.54, 1.807) is 6.08 Å².